The summed E-state index contributed by atoms with van der Waals surface area (Å²) in [7, 11) is 3.27. The summed E-state index contributed by atoms with van der Waals surface area (Å²) in [4.78, 5) is 22.7. The lowest BCUT2D eigenvalue weighted by Crippen LogP contribution is -2.47. The van der Waals surface area contributed by atoms with E-state index in [1.807, 2.05) is 56.3 Å². The molecule has 2 aliphatic rings. The van der Waals surface area contributed by atoms with Crippen LogP contribution < -0.4 is 20.9 Å². The molecule has 1 aliphatic carbocycles. The number of nitrogens with zero attached hydrogens (tertiary/aromatic N) is 4. The Labute approximate surface area is 277 Å². The van der Waals surface area contributed by atoms with Gasteiger partial charge in [-0.15, -0.1) is 0 Å². The maximum atomic E-state index is 13.0. The van der Waals surface area contributed by atoms with Gasteiger partial charge in [-0.25, -0.2) is 14.6 Å². The Morgan fingerprint density at radius 1 is 1.06 bits per heavy atom. The highest BCUT2D eigenvalue weighted by Gasteiger charge is 2.33. The Kier molecular flexibility index (Phi) is 8.44. The molecule has 3 atom stereocenters. The first kappa shape index (κ1) is 31.3. The number of aliphatic hydroxyl groups is 1. The van der Waals surface area contributed by atoms with Crippen LogP contribution in [0.2, 0.25) is 5.02 Å². The average Bonchev–Trinajstić information content (AvgIpc) is 3.47. The van der Waals surface area contributed by atoms with Crippen LogP contribution >= 0.6 is 11.6 Å². The third-order valence-corrected chi connectivity index (χ3v) is 9.71. The van der Waals surface area contributed by atoms with Gasteiger partial charge in [-0.2, -0.15) is 5.10 Å². The van der Waals surface area contributed by atoms with E-state index < -0.39 is 6.10 Å². The van der Waals surface area contributed by atoms with Crippen LogP contribution in [0.4, 0.5) is 11.5 Å². The van der Waals surface area contributed by atoms with E-state index in [0.29, 0.717) is 35.3 Å². The SMILES string of the molecule is COc1nc(-c2cccc(-c3cccc(Nc4nc(C)cc5cnn(C)c(=O)c45)c3C)c2Cl)cc2c1C(NC1CCOCC1O)CC2. The van der Waals surface area contributed by atoms with Gasteiger partial charge in [0.05, 0.1) is 42.1 Å². The number of pyridine rings is 2. The summed E-state index contributed by atoms with van der Waals surface area (Å²) in [5.41, 5.74) is 7.89. The molecule has 10 nitrogen and oxygen atoms in total. The van der Waals surface area contributed by atoms with E-state index in [4.69, 9.17) is 26.1 Å². The molecule has 7 rings (SSSR count). The van der Waals surface area contributed by atoms with E-state index in [9.17, 15) is 9.90 Å². The molecule has 11 heteroatoms. The molecule has 1 aliphatic heterocycles. The van der Waals surface area contributed by atoms with Crippen LogP contribution in [0.15, 0.2) is 59.5 Å². The van der Waals surface area contributed by atoms with Crippen molar-refractivity contribution in [3.63, 3.8) is 0 Å². The average molecular weight is 653 g/mol. The van der Waals surface area contributed by atoms with E-state index in [0.717, 1.165) is 75.1 Å². The number of aliphatic hydroxyl groups excluding tert-OH is 1. The molecule has 0 spiro atoms. The Morgan fingerprint density at radius 3 is 2.66 bits per heavy atom. The van der Waals surface area contributed by atoms with Crippen LogP contribution in [0.5, 0.6) is 5.88 Å². The molecule has 3 unspecified atom stereocenters. The van der Waals surface area contributed by atoms with Crippen molar-refractivity contribution >= 4 is 33.9 Å². The zero-order chi connectivity index (χ0) is 32.8. The van der Waals surface area contributed by atoms with Crippen molar-refractivity contribution in [3.8, 4) is 28.3 Å². The first-order chi connectivity index (χ1) is 22.7. The second kappa shape index (κ2) is 12.7. The molecule has 47 heavy (non-hydrogen) atoms. The summed E-state index contributed by atoms with van der Waals surface area (Å²) in [6.45, 7) is 4.90. The summed E-state index contributed by atoms with van der Waals surface area (Å²) >= 11 is 7.20. The van der Waals surface area contributed by atoms with Crippen molar-refractivity contribution in [3.05, 3.63) is 92.5 Å². The quantitative estimate of drug-likeness (QED) is 0.200. The molecule has 1 fully saturated rings. The van der Waals surface area contributed by atoms with Gasteiger partial charge in [0.1, 0.15) is 5.82 Å². The molecule has 0 amide bonds. The third kappa shape index (κ3) is 5.76. The van der Waals surface area contributed by atoms with Crippen molar-refractivity contribution in [1.82, 2.24) is 25.1 Å². The minimum Gasteiger partial charge on any atom is -0.481 e. The van der Waals surface area contributed by atoms with Crippen molar-refractivity contribution in [2.75, 3.05) is 25.6 Å². The van der Waals surface area contributed by atoms with E-state index in [-0.39, 0.29) is 17.6 Å². The fraction of sp³-hybridized carbons (Fsp3) is 0.333. The number of aromatic nitrogens is 4. The molecule has 0 saturated carbocycles. The molecule has 1 saturated heterocycles. The zero-order valence-corrected chi connectivity index (χ0v) is 27.6. The maximum Gasteiger partial charge on any atom is 0.278 e. The smallest absolute Gasteiger partial charge is 0.278 e. The van der Waals surface area contributed by atoms with Crippen molar-refractivity contribution in [2.24, 2.45) is 7.05 Å². The predicted molar refractivity (Wildman–Crippen MR) is 184 cm³/mol. The lowest BCUT2D eigenvalue weighted by atomic mass is 9.96. The van der Waals surface area contributed by atoms with Gasteiger partial charge in [-0.3, -0.25) is 4.79 Å². The fourth-order valence-electron chi connectivity index (χ4n) is 6.85. The lowest BCUT2D eigenvalue weighted by Gasteiger charge is -2.31. The molecular weight excluding hydrogens is 616 g/mol. The highest BCUT2D eigenvalue weighted by Crippen LogP contribution is 2.43. The van der Waals surface area contributed by atoms with Crippen LogP contribution in [0.25, 0.3) is 33.2 Å². The molecule has 242 valence electrons. The van der Waals surface area contributed by atoms with Gasteiger partial charge in [0.2, 0.25) is 5.88 Å². The Balaban J connectivity index is 1.23. The number of rotatable bonds is 7. The number of fused-ring (bicyclic) bond motifs is 2. The monoisotopic (exact) mass is 652 g/mol. The number of benzene rings is 2. The van der Waals surface area contributed by atoms with E-state index in [1.54, 1.807) is 20.4 Å². The van der Waals surface area contributed by atoms with Crippen LogP contribution in [-0.2, 0) is 18.2 Å². The largest absolute Gasteiger partial charge is 0.481 e. The maximum absolute atomic E-state index is 13.0. The first-order valence-corrected chi connectivity index (χ1v) is 16.2. The van der Waals surface area contributed by atoms with Gasteiger partial charge < -0.3 is 25.2 Å². The highest BCUT2D eigenvalue weighted by atomic mass is 35.5. The summed E-state index contributed by atoms with van der Waals surface area (Å²) in [6.07, 6.45) is 3.65. The standard InChI is InChI=1S/C36H37ClN6O4/c1-19-15-22-17-38-43(3)36(45)32(22)34(39-19)41-26-10-6-7-23(20(26)2)24-8-5-9-25(33(24)37)29-16-21-11-12-28(31(21)35(42-29)46-4)40-27-13-14-47-18-30(27)44/h5-10,15-17,27-28,30,40,44H,11-14,18H2,1-4H3,(H,39,41). The van der Waals surface area contributed by atoms with Gasteiger partial charge in [0, 0.05) is 59.2 Å². The summed E-state index contributed by atoms with van der Waals surface area (Å²) in [5, 5.41) is 23.5. The van der Waals surface area contributed by atoms with Gasteiger partial charge in [0.15, 0.2) is 0 Å². The molecule has 0 bridgehead atoms. The number of hydrogen-bond acceptors (Lipinski definition) is 9. The fourth-order valence-corrected chi connectivity index (χ4v) is 7.17. The van der Waals surface area contributed by atoms with Crippen LogP contribution in [0.1, 0.15) is 41.3 Å². The Bertz CT molecular complexity index is 2060. The Hall–Kier alpha value is -4.35. The first-order valence-electron chi connectivity index (χ1n) is 15.8. The topological polar surface area (TPSA) is 123 Å². The normalized spacial score (nSPS) is 19.1. The van der Waals surface area contributed by atoms with Crippen LogP contribution in [0, 0.1) is 13.8 Å². The summed E-state index contributed by atoms with van der Waals surface area (Å²) in [6, 6.07) is 15.9. The number of aryl methyl sites for hydroxylation is 3. The molecule has 3 N–H and O–H groups in total. The van der Waals surface area contributed by atoms with Crippen molar-refractivity contribution in [2.45, 2.75) is 51.3 Å². The van der Waals surface area contributed by atoms with E-state index in [2.05, 4.69) is 26.8 Å². The Morgan fingerprint density at radius 2 is 1.85 bits per heavy atom. The van der Waals surface area contributed by atoms with Gasteiger partial charge in [-0.05, 0) is 68.0 Å². The predicted octanol–water partition coefficient (Wildman–Crippen LogP) is 5.81. The zero-order valence-electron chi connectivity index (χ0n) is 26.8. The summed E-state index contributed by atoms with van der Waals surface area (Å²) < 4.78 is 12.6. The van der Waals surface area contributed by atoms with E-state index in [1.165, 1.54) is 4.68 Å². The van der Waals surface area contributed by atoms with Crippen molar-refractivity contribution < 1.29 is 14.6 Å². The van der Waals surface area contributed by atoms with Gasteiger partial charge >= 0.3 is 0 Å². The van der Waals surface area contributed by atoms with Gasteiger partial charge in [0.25, 0.3) is 5.56 Å². The van der Waals surface area contributed by atoms with E-state index >= 15 is 0 Å². The molecule has 4 heterocycles. The number of nitrogens with one attached hydrogen (secondary N) is 2. The number of halogens is 1. The minimum absolute atomic E-state index is 0.0357. The number of hydrogen-bond donors (Lipinski definition) is 3. The molecule has 0 radical (unpaired) electrons. The number of methoxy groups -OCH3 is 1. The molecule has 2 aromatic carbocycles. The number of ether oxygens (including phenoxy) is 2. The minimum atomic E-state index is -0.540. The van der Waals surface area contributed by atoms with Crippen LogP contribution in [0.3, 0.4) is 0 Å². The van der Waals surface area contributed by atoms with Crippen molar-refractivity contribution in [1.29, 1.82) is 0 Å². The summed E-state index contributed by atoms with van der Waals surface area (Å²) in [5.74, 6) is 1.05. The third-order valence-electron chi connectivity index (χ3n) is 9.30. The van der Waals surface area contributed by atoms with Gasteiger partial charge in [-0.1, -0.05) is 41.9 Å². The molecule has 5 aromatic rings. The molecular formula is C36H37ClN6O4. The number of anilines is 2. The lowest BCUT2D eigenvalue weighted by molar-refractivity contribution is -0.0304. The second-order valence-electron chi connectivity index (χ2n) is 12.3. The second-order valence-corrected chi connectivity index (χ2v) is 12.7. The highest BCUT2D eigenvalue weighted by molar-refractivity contribution is 6.36. The molecule has 3 aromatic heterocycles. The van der Waals surface area contributed by atoms with Crippen LogP contribution in [-0.4, -0.2) is 57.3 Å².